The van der Waals surface area contributed by atoms with Gasteiger partial charge in [-0.2, -0.15) is 5.26 Å². The van der Waals surface area contributed by atoms with Gasteiger partial charge in [0.25, 0.3) is 5.69 Å². The minimum Gasteiger partial charge on any atom is -0.354 e. The van der Waals surface area contributed by atoms with E-state index in [-0.39, 0.29) is 22.8 Å². The molecule has 0 atom stereocenters. The molecule has 8 heteroatoms. The monoisotopic (exact) mass is 340 g/mol. The molecule has 0 aliphatic carbocycles. The van der Waals surface area contributed by atoms with Crippen molar-refractivity contribution in [3.8, 4) is 6.07 Å². The zero-order chi connectivity index (χ0) is 18.0. The highest BCUT2D eigenvalue weighted by molar-refractivity contribution is 5.96. The van der Waals surface area contributed by atoms with Crippen LogP contribution in [-0.2, 0) is 4.79 Å². The van der Waals surface area contributed by atoms with Crippen LogP contribution in [0.4, 0.5) is 27.1 Å². The van der Waals surface area contributed by atoms with Gasteiger partial charge in [0.2, 0.25) is 5.91 Å². The van der Waals surface area contributed by atoms with E-state index in [9.17, 15) is 24.6 Å². The van der Waals surface area contributed by atoms with Crippen LogP contribution in [0.5, 0.6) is 0 Å². The molecule has 25 heavy (non-hydrogen) atoms. The van der Waals surface area contributed by atoms with Crippen LogP contribution >= 0.6 is 0 Å². The van der Waals surface area contributed by atoms with Gasteiger partial charge in [-0.15, -0.1) is 0 Å². The number of anilines is 3. The minimum absolute atomic E-state index is 0.0947. The highest BCUT2D eigenvalue weighted by Crippen LogP contribution is 2.30. The summed E-state index contributed by atoms with van der Waals surface area (Å²) in [4.78, 5) is 23.4. The normalized spacial score (nSPS) is 13.6. The topological polar surface area (TPSA) is 99.3 Å². The van der Waals surface area contributed by atoms with Gasteiger partial charge in [0.05, 0.1) is 21.9 Å². The predicted octanol–water partition coefficient (Wildman–Crippen LogP) is 3.48. The molecule has 1 heterocycles. The lowest BCUT2D eigenvalue weighted by Crippen LogP contribution is -2.24. The molecule has 1 aliphatic heterocycles. The lowest BCUT2D eigenvalue weighted by molar-refractivity contribution is -0.384. The molecule has 0 unspecified atom stereocenters. The van der Waals surface area contributed by atoms with Crippen molar-refractivity contribution < 1.29 is 14.1 Å². The van der Waals surface area contributed by atoms with Crippen LogP contribution in [0, 0.1) is 27.3 Å². The quantitative estimate of drug-likeness (QED) is 0.678. The Balaban J connectivity index is 1.92. The number of halogens is 1. The lowest BCUT2D eigenvalue weighted by Gasteiger charge is -2.18. The maximum Gasteiger partial charge on any atom is 0.270 e. The molecule has 0 saturated carbocycles. The summed E-state index contributed by atoms with van der Waals surface area (Å²) < 4.78 is 14.1. The Labute approximate surface area is 142 Å². The number of hydrogen-bond acceptors (Lipinski definition) is 5. The van der Waals surface area contributed by atoms with Crippen LogP contribution in [0.3, 0.4) is 0 Å². The van der Waals surface area contributed by atoms with Gasteiger partial charge in [-0.1, -0.05) is 0 Å². The fraction of sp³-hybridized carbons (Fsp3) is 0.176. The van der Waals surface area contributed by atoms with Gasteiger partial charge in [0.15, 0.2) is 0 Å². The SMILES string of the molecule is N#Cc1cc([N+](=O)[O-])ccc1Nc1ccc(F)c(N2CCCC2=O)c1. The molecular formula is C17H13FN4O3. The predicted molar refractivity (Wildman–Crippen MR) is 89.1 cm³/mol. The second kappa shape index (κ2) is 6.57. The van der Waals surface area contributed by atoms with Crippen LogP contribution in [0.15, 0.2) is 36.4 Å². The molecule has 0 bridgehead atoms. The third-order valence-corrected chi connectivity index (χ3v) is 3.92. The molecule has 1 aliphatic rings. The van der Waals surface area contributed by atoms with Crippen molar-refractivity contribution in [2.45, 2.75) is 12.8 Å². The molecular weight excluding hydrogens is 327 g/mol. The summed E-state index contributed by atoms with van der Waals surface area (Å²) in [5.41, 5.74) is 0.912. The molecule has 1 N–H and O–H groups in total. The molecule has 0 aromatic heterocycles. The highest BCUT2D eigenvalue weighted by Gasteiger charge is 2.24. The van der Waals surface area contributed by atoms with Crippen LogP contribution in [0.2, 0.25) is 0 Å². The Kier molecular flexibility index (Phi) is 4.31. The summed E-state index contributed by atoms with van der Waals surface area (Å²) in [6.45, 7) is 0.459. The maximum absolute atomic E-state index is 14.1. The highest BCUT2D eigenvalue weighted by atomic mass is 19.1. The van der Waals surface area contributed by atoms with Crippen molar-refractivity contribution in [3.05, 3.63) is 57.9 Å². The van der Waals surface area contributed by atoms with E-state index < -0.39 is 10.7 Å². The van der Waals surface area contributed by atoms with E-state index >= 15 is 0 Å². The van der Waals surface area contributed by atoms with Crippen LogP contribution in [-0.4, -0.2) is 17.4 Å². The number of non-ortho nitro benzene ring substituents is 1. The summed E-state index contributed by atoms with van der Waals surface area (Å²) in [5.74, 6) is -0.644. The summed E-state index contributed by atoms with van der Waals surface area (Å²) in [6.07, 6.45) is 1.06. The fourth-order valence-corrected chi connectivity index (χ4v) is 2.70. The number of nitriles is 1. The van der Waals surface area contributed by atoms with Gasteiger partial charge in [-0.05, 0) is 30.7 Å². The van der Waals surface area contributed by atoms with E-state index in [0.29, 0.717) is 30.8 Å². The molecule has 2 aromatic carbocycles. The number of benzene rings is 2. The van der Waals surface area contributed by atoms with Crippen molar-refractivity contribution >= 4 is 28.7 Å². The second-order valence-electron chi connectivity index (χ2n) is 5.54. The molecule has 1 fully saturated rings. The van der Waals surface area contributed by atoms with E-state index in [2.05, 4.69) is 5.32 Å². The van der Waals surface area contributed by atoms with Crippen LogP contribution < -0.4 is 10.2 Å². The Hall–Kier alpha value is -3.47. The number of carbonyl (C=O) groups excluding carboxylic acids is 1. The number of hydrogen-bond donors (Lipinski definition) is 1. The number of nitro benzene ring substituents is 1. The third kappa shape index (κ3) is 3.26. The number of carbonyl (C=O) groups is 1. The Morgan fingerprint density at radius 2 is 2.08 bits per heavy atom. The van der Waals surface area contributed by atoms with Gasteiger partial charge >= 0.3 is 0 Å². The largest absolute Gasteiger partial charge is 0.354 e. The van der Waals surface area contributed by atoms with Gasteiger partial charge in [-0.3, -0.25) is 14.9 Å². The first-order valence-corrected chi connectivity index (χ1v) is 7.55. The lowest BCUT2D eigenvalue weighted by atomic mass is 10.1. The summed E-state index contributed by atoms with van der Waals surface area (Å²) in [6, 6.07) is 9.95. The summed E-state index contributed by atoms with van der Waals surface area (Å²) in [5, 5.41) is 22.9. The Morgan fingerprint density at radius 3 is 2.72 bits per heavy atom. The van der Waals surface area contributed by atoms with Crippen LogP contribution in [0.1, 0.15) is 18.4 Å². The molecule has 126 valence electrons. The second-order valence-corrected chi connectivity index (χ2v) is 5.54. The Bertz CT molecular complexity index is 907. The molecule has 7 nitrogen and oxygen atoms in total. The molecule has 0 spiro atoms. The number of amides is 1. The smallest absolute Gasteiger partial charge is 0.270 e. The van der Waals surface area contributed by atoms with Gasteiger partial charge in [0, 0.05) is 30.8 Å². The van der Waals surface area contributed by atoms with E-state index in [0.717, 1.165) is 6.07 Å². The van der Waals surface area contributed by atoms with Crippen LogP contribution in [0.25, 0.3) is 0 Å². The van der Waals surface area contributed by atoms with Crippen molar-refractivity contribution in [1.82, 2.24) is 0 Å². The van der Waals surface area contributed by atoms with Crippen molar-refractivity contribution in [2.75, 3.05) is 16.8 Å². The van der Waals surface area contributed by atoms with E-state index in [1.54, 1.807) is 0 Å². The molecule has 0 radical (unpaired) electrons. The standard InChI is InChI=1S/C17H13FN4O3/c18-14-5-3-12(9-16(14)21-7-1-2-17(21)23)20-15-6-4-13(22(24)25)8-11(15)10-19/h3-6,8-9,20H,1-2,7H2. The van der Waals surface area contributed by atoms with Crippen molar-refractivity contribution in [1.29, 1.82) is 5.26 Å². The third-order valence-electron chi connectivity index (χ3n) is 3.92. The van der Waals surface area contributed by atoms with Gasteiger partial charge in [-0.25, -0.2) is 4.39 Å². The fourth-order valence-electron chi connectivity index (χ4n) is 2.70. The number of nitrogens with one attached hydrogen (secondary N) is 1. The molecule has 1 saturated heterocycles. The van der Waals surface area contributed by atoms with E-state index in [1.807, 2.05) is 6.07 Å². The molecule has 2 aromatic rings. The molecule has 3 rings (SSSR count). The zero-order valence-corrected chi connectivity index (χ0v) is 13.0. The van der Waals surface area contributed by atoms with Gasteiger partial charge < -0.3 is 10.2 Å². The first kappa shape index (κ1) is 16.4. The average molecular weight is 340 g/mol. The maximum atomic E-state index is 14.1. The number of nitrogens with zero attached hydrogens (tertiary/aromatic N) is 3. The Morgan fingerprint density at radius 1 is 1.28 bits per heavy atom. The van der Waals surface area contributed by atoms with E-state index in [1.165, 1.54) is 35.2 Å². The summed E-state index contributed by atoms with van der Waals surface area (Å²) in [7, 11) is 0. The first-order valence-electron chi connectivity index (χ1n) is 7.55. The average Bonchev–Trinajstić information content (AvgIpc) is 3.02. The zero-order valence-electron chi connectivity index (χ0n) is 13.0. The molecule has 1 amide bonds. The first-order chi connectivity index (χ1) is 12.0. The van der Waals surface area contributed by atoms with Crippen molar-refractivity contribution in [2.24, 2.45) is 0 Å². The van der Waals surface area contributed by atoms with Gasteiger partial charge in [0.1, 0.15) is 11.9 Å². The minimum atomic E-state index is -0.584. The number of nitro groups is 1. The summed E-state index contributed by atoms with van der Waals surface area (Å²) >= 11 is 0. The van der Waals surface area contributed by atoms with Crippen molar-refractivity contribution in [3.63, 3.8) is 0 Å². The van der Waals surface area contributed by atoms with E-state index in [4.69, 9.17) is 0 Å². The number of rotatable bonds is 4.